The lowest BCUT2D eigenvalue weighted by atomic mass is 10.0. The summed E-state index contributed by atoms with van der Waals surface area (Å²) in [6.45, 7) is 0.861. The number of carbonyl (C=O) groups is 5. The summed E-state index contributed by atoms with van der Waals surface area (Å²) in [6.07, 6.45) is 3.48. The maximum Gasteiger partial charge on any atom is 0.305 e. The Labute approximate surface area is 202 Å². The molecule has 186 valence electrons. The molecule has 3 aliphatic heterocycles. The number of nitrogens with one attached hydrogen (secondary N) is 3. The van der Waals surface area contributed by atoms with Gasteiger partial charge in [0.05, 0.1) is 18.5 Å². The van der Waals surface area contributed by atoms with Crippen LogP contribution >= 0.6 is 0 Å². The van der Waals surface area contributed by atoms with Crippen molar-refractivity contribution in [1.82, 2.24) is 20.7 Å². The molecule has 3 aliphatic rings. The van der Waals surface area contributed by atoms with Gasteiger partial charge in [-0.3, -0.25) is 24.2 Å². The third-order valence-corrected chi connectivity index (χ3v) is 6.50. The second-order valence-corrected chi connectivity index (χ2v) is 8.92. The predicted octanol–water partition coefficient (Wildman–Crippen LogP) is 0.141. The van der Waals surface area contributed by atoms with Crippen molar-refractivity contribution in [3.05, 3.63) is 35.4 Å². The summed E-state index contributed by atoms with van der Waals surface area (Å²) in [4.78, 5) is 61.6. The molecule has 0 saturated carbocycles. The fourth-order valence-corrected chi connectivity index (χ4v) is 4.70. The second kappa shape index (κ2) is 10.7. The first kappa shape index (κ1) is 24.4. The molecule has 1 aromatic carbocycles. The molecule has 1 aromatic rings. The fourth-order valence-electron chi connectivity index (χ4n) is 4.70. The Bertz CT molecular complexity index is 1060. The normalized spacial score (nSPS) is 22.7. The number of hydrogen-bond donors (Lipinski definition) is 4. The van der Waals surface area contributed by atoms with Crippen molar-refractivity contribution in [2.45, 2.75) is 50.2 Å². The quantitative estimate of drug-likeness (QED) is 0.382. The van der Waals surface area contributed by atoms with Crippen LogP contribution in [0.2, 0.25) is 0 Å². The van der Waals surface area contributed by atoms with Crippen molar-refractivity contribution in [2.24, 2.45) is 0 Å². The van der Waals surface area contributed by atoms with E-state index in [1.807, 2.05) is 24.3 Å². The van der Waals surface area contributed by atoms with Gasteiger partial charge in [-0.25, -0.2) is 5.01 Å². The second-order valence-electron chi connectivity index (χ2n) is 8.92. The van der Waals surface area contributed by atoms with E-state index in [2.05, 4.69) is 16.0 Å². The van der Waals surface area contributed by atoms with Crippen LogP contribution in [0.3, 0.4) is 0 Å². The zero-order valence-electron chi connectivity index (χ0n) is 19.2. The van der Waals surface area contributed by atoms with Crippen LogP contribution in [0.5, 0.6) is 0 Å². The fraction of sp³-hybridized carbons (Fsp3) is 0.458. The average molecular weight is 484 g/mol. The minimum Gasteiger partial charge on any atom is -0.481 e. The van der Waals surface area contributed by atoms with Gasteiger partial charge in [0.2, 0.25) is 11.8 Å². The molecule has 11 nitrogen and oxygen atoms in total. The lowest BCUT2D eigenvalue weighted by Gasteiger charge is -2.44. The first-order chi connectivity index (χ1) is 16.9. The van der Waals surface area contributed by atoms with E-state index in [1.54, 1.807) is 6.08 Å². The molecule has 3 atom stereocenters. The van der Waals surface area contributed by atoms with Gasteiger partial charge in [0.1, 0.15) is 12.3 Å². The molecular formula is C24H29N5O6. The molecule has 0 bridgehead atoms. The molecule has 2 saturated heterocycles. The van der Waals surface area contributed by atoms with E-state index >= 15 is 0 Å². The summed E-state index contributed by atoms with van der Waals surface area (Å²) >= 11 is 0. The van der Waals surface area contributed by atoms with Crippen molar-refractivity contribution in [3.8, 4) is 0 Å². The Morgan fingerprint density at radius 1 is 1.23 bits per heavy atom. The largest absolute Gasteiger partial charge is 0.481 e. The summed E-state index contributed by atoms with van der Waals surface area (Å²) < 4.78 is 0. The van der Waals surface area contributed by atoms with E-state index in [0.29, 0.717) is 37.8 Å². The number of aldehydes is 1. The summed E-state index contributed by atoms with van der Waals surface area (Å²) in [5.74, 6) is -2.08. The van der Waals surface area contributed by atoms with Crippen LogP contribution in [-0.2, 0) is 24.0 Å². The number of hydrogen-bond acceptors (Lipinski definition) is 7. The number of carboxylic acid groups (broad SMARTS) is 1. The summed E-state index contributed by atoms with van der Waals surface area (Å²) in [5, 5.41) is 20.7. The first-order valence-electron chi connectivity index (χ1n) is 11.8. The SMILES string of the molecule is O=C[C@H](CC(=O)O)NC[C@@H]1CCCN2C(=O)CC[C@H](NC(=O)C3=Cc4ccccc4NC3)C(=O)N12. The van der Waals surface area contributed by atoms with Crippen molar-refractivity contribution >= 4 is 41.7 Å². The standard InChI is InChI=1S/C24H29N5O6/c30-14-17(11-22(32)33)25-13-18-5-3-9-28-21(31)8-7-20(24(35)29(18)28)27-23(34)16-10-15-4-1-2-6-19(15)26-12-16/h1-2,4,6,10,14,17-18,20,25-26H,3,5,7-9,11-13H2,(H,27,34)(H,32,33)/t17-,18-,20-/m0/s1. The molecule has 0 unspecified atom stereocenters. The molecule has 0 spiro atoms. The number of nitrogens with zero attached hydrogens (tertiary/aromatic N) is 2. The number of anilines is 1. The number of amides is 3. The molecule has 0 aromatic heterocycles. The first-order valence-corrected chi connectivity index (χ1v) is 11.8. The lowest BCUT2D eigenvalue weighted by Crippen LogP contribution is -2.62. The summed E-state index contributed by atoms with van der Waals surface area (Å²) in [6, 6.07) is 5.37. The van der Waals surface area contributed by atoms with Crippen LogP contribution in [0.4, 0.5) is 5.69 Å². The Morgan fingerprint density at radius 2 is 2.03 bits per heavy atom. The Balaban J connectivity index is 1.48. The van der Waals surface area contributed by atoms with Gasteiger partial charge < -0.3 is 25.9 Å². The third-order valence-electron chi connectivity index (χ3n) is 6.50. The smallest absolute Gasteiger partial charge is 0.305 e. The third kappa shape index (κ3) is 5.51. The number of carbonyl (C=O) groups excluding carboxylic acids is 4. The van der Waals surface area contributed by atoms with E-state index in [4.69, 9.17) is 5.11 Å². The van der Waals surface area contributed by atoms with Gasteiger partial charge in [-0.15, -0.1) is 0 Å². The molecule has 4 N–H and O–H groups in total. The van der Waals surface area contributed by atoms with Crippen LogP contribution < -0.4 is 16.0 Å². The molecule has 4 rings (SSSR count). The van der Waals surface area contributed by atoms with Crippen molar-refractivity contribution in [3.63, 3.8) is 0 Å². The molecule has 3 heterocycles. The highest BCUT2D eigenvalue weighted by Crippen LogP contribution is 2.26. The maximum absolute atomic E-state index is 13.5. The Kier molecular flexibility index (Phi) is 7.45. The molecule has 11 heteroatoms. The molecular weight excluding hydrogens is 454 g/mol. The van der Waals surface area contributed by atoms with Crippen LogP contribution in [0.15, 0.2) is 29.8 Å². The summed E-state index contributed by atoms with van der Waals surface area (Å²) in [7, 11) is 0. The molecule has 0 radical (unpaired) electrons. The zero-order valence-corrected chi connectivity index (χ0v) is 19.2. The zero-order chi connectivity index (χ0) is 24.9. The maximum atomic E-state index is 13.5. The van der Waals surface area contributed by atoms with Crippen molar-refractivity contribution < 1.29 is 29.1 Å². The molecule has 0 aliphatic carbocycles. The van der Waals surface area contributed by atoms with Gasteiger partial charge in [0.25, 0.3) is 5.91 Å². The number of aliphatic carboxylic acids is 1. The summed E-state index contributed by atoms with van der Waals surface area (Å²) in [5.41, 5.74) is 2.30. The van der Waals surface area contributed by atoms with Crippen LogP contribution in [0.1, 0.15) is 37.7 Å². The van der Waals surface area contributed by atoms with Gasteiger partial charge in [-0.05, 0) is 37.0 Å². The number of carboxylic acids is 1. The Morgan fingerprint density at radius 3 is 2.80 bits per heavy atom. The van der Waals surface area contributed by atoms with E-state index in [1.165, 1.54) is 10.0 Å². The van der Waals surface area contributed by atoms with E-state index in [9.17, 15) is 24.0 Å². The van der Waals surface area contributed by atoms with Gasteiger partial charge in [0.15, 0.2) is 0 Å². The number of para-hydroxylation sites is 1. The van der Waals surface area contributed by atoms with E-state index in [-0.39, 0.29) is 43.5 Å². The lowest BCUT2D eigenvalue weighted by molar-refractivity contribution is -0.173. The highest BCUT2D eigenvalue weighted by Gasteiger charge is 2.42. The van der Waals surface area contributed by atoms with Gasteiger partial charge in [-0.2, -0.15) is 0 Å². The van der Waals surface area contributed by atoms with Crippen molar-refractivity contribution in [2.75, 3.05) is 25.0 Å². The van der Waals surface area contributed by atoms with Crippen LogP contribution in [-0.4, -0.2) is 82.9 Å². The Hall–Kier alpha value is -3.73. The number of fused-ring (bicyclic) bond motifs is 2. The van der Waals surface area contributed by atoms with Crippen LogP contribution in [0, 0.1) is 0 Å². The van der Waals surface area contributed by atoms with E-state index < -0.39 is 24.1 Å². The molecule has 2 fully saturated rings. The average Bonchev–Trinajstić information content (AvgIpc) is 2.98. The number of hydrazine groups is 1. The van der Waals surface area contributed by atoms with Crippen molar-refractivity contribution in [1.29, 1.82) is 0 Å². The highest BCUT2D eigenvalue weighted by molar-refractivity contribution is 6.03. The highest BCUT2D eigenvalue weighted by atomic mass is 16.4. The van der Waals surface area contributed by atoms with Gasteiger partial charge in [-0.1, -0.05) is 18.2 Å². The number of benzene rings is 1. The molecule has 35 heavy (non-hydrogen) atoms. The van der Waals surface area contributed by atoms with E-state index in [0.717, 1.165) is 11.3 Å². The van der Waals surface area contributed by atoms with Crippen LogP contribution in [0.25, 0.3) is 6.08 Å². The van der Waals surface area contributed by atoms with Gasteiger partial charge in [0, 0.05) is 37.3 Å². The number of rotatable bonds is 8. The topological polar surface area (TPSA) is 148 Å². The monoisotopic (exact) mass is 483 g/mol. The van der Waals surface area contributed by atoms with Gasteiger partial charge >= 0.3 is 5.97 Å². The minimum atomic E-state index is -1.11. The molecule has 3 amide bonds. The predicted molar refractivity (Wildman–Crippen MR) is 126 cm³/mol. The minimum absolute atomic E-state index is 0.115.